The number of anilines is 1. The van der Waals surface area contributed by atoms with Crippen LogP contribution in [0.25, 0.3) is 0 Å². The zero-order chi connectivity index (χ0) is 13.0. The second-order valence-corrected chi connectivity index (χ2v) is 4.79. The van der Waals surface area contributed by atoms with Crippen LogP contribution in [0.4, 0.5) is 5.69 Å². The van der Waals surface area contributed by atoms with Gasteiger partial charge in [-0.15, -0.1) is 0 Å². The molecule has 2 aromatic rings. The molecule has 0 aliphatic carbocycles. The number of rotatable bonds is 5. The fourth-order valence-corrected chi connectivity index (χ4v) is 2.16. The van der Waals surface area contributed by atoms with Crippen molar-refractivity contribution >= 4 is 17.3 Å². The molecule has 0 radical (unpaired) electrons. The molecule has 0 spiro atoms. The predicted molar refractivity (Wildman–Crippen MR) is 76.0 cm³/mol. The van der Waals surface area contributed by atoms with E-state index in [0.717, 1.165) is 35.8 Å². The van der Waals surface area contributed by atoms with Gasteiger partial charge in [-0.05, 0) is 43.2 Å². The fourth-order valence-electron chi connectivity index (χ4n) is 1.93. The summed E-state index contributed by atoms with van der Waals surface area (Å²) in [6, 6.07) is 7.93. The lowest BCUT2D eigenvalue weighted by Gasteiger charge is -2.11. The van der Waals surface area contributed by atoms with E-state index >= 15 is 0 Å². The third-order valence-corrected chi connectivity index (χ3v) is 3.12. The molecular formula is C14H18ClN3. The summed E-state index contributed by atoms with van der Waals surface area (Å²) < 4.78 is 2.04. The van der Waals surface area contributed by atoms with Crippen LogP contribution >= 0.6 is 11.6 Å². The Morgan fingerprint density at radius 3 is 2.89 bits per heavy atom. The molecule has 18 heavy (non-hydrogen) atoms. The second kappa shape index (κ2) is 5.91. The summed E-state index contributed by atoms with van der Waals surface area (Å²) in [5.41, 5.74) is 3.47. The number of hydrogen-bond donors (Lipinski definition) is 1. The van der Waals surface area contributed by atoms with Gasteiger partial charge in [0.25, 0.3) is 0 Å². The van der Waals surface area contributed by atoms with E-state index in [-0.39, 0.29) is 0 Å². The van der Waals surface area contributed by atoms with Crippen molar-refractivity contribution in [3.63, 3.8) is 0 Å². The maximum Gasteiger partial charge on any atom is 0.0575 e. The minimum atomic E-state index is 0.772. The summed E-state index contributed by atoms with van der Waals surface area (Å²) in [5, 5.41) is 8.50. The standard InChI is InChI=1S/C14H18ClN3/c1-3-8-18-13(6-7-17-18)10-16-14-5-4-12(15)9-11(14)2/h4-7,9,16H,3,8,10H2,1-2H3. The van der Waals surface area contributed by atoms with Crippen LogP contribution in [-0.2, 0) is 13.1 Å². The molecule has 0 unspecified atom stereocenters. The molecule has 0 aliphatic heterocycles. The molecule has 0 bridgehead atoms. The van der Waals surface area contributed by atoms with Crippen molar-refractivity contribution in [1.82, 2.24) is 9.78 Å². The predicted octanol–water partition coefficient (Wildman–Crippen LogP) is 3.87. The van der Waals surface area contributed by atoms with Crippen molar-refractivity contribution < 1.29 is 0 Å². The first kappa shape index (κ1) is 13.0. The minimum absolute atomic E-state index is 0.772. The SMILES string of the molecule is CCCn1nccc1CNc1ccc(Cl)cc1C. The number of nitrogens with zero attached hydrogens (tertiary/aromatic N) is 2. The number of benzene rings is 1. The molecule has 1 aromatic carbocycles. The Morgan fingerprint density at radius 1 is 1.33 bits per heavy atom. The molecule has 0 saturated carbocycles. The monoisotopic (exact) mass is 263 g/mol. The number of aromatic nitrogens is 2. The van der Waals surface area contributed by atoms with Gasteiger partial charge in [-0.1, -0.05) is 18.5 Å². The fraction of sp³-hybridized carbons (Fsp3) is 0.357. The highest BCUT2D eigenvalue weighted by atomic mass is 35.5. The van der Waals surface area contributed by atoms with Crippen LogP contribution < -0.4 is 5.32 Å². The van der Waals surface area contributed by atoms with E-state index in [2.05, 4.69) is 24.3 Å². The summed E-state index contributed by atoms with van der Waals surface area (Å²) in [7, 11) is 0. The summed E-state index contributed by atoms with van der Waals surface area (Å²) in [6.45, 7) is 5.95. The molecule has 0 saturated heterocycles. The van der Waals surface area contributed by atoms with E-state index in [1.807, 2.05) is 35.1 Å². The Labute approximate surface area is 113 Å². The van der Waals surface area contributed by atoms with Gasteiger partial charge in [0.05, 0.1) is 12.2 Å². The molecule has 4 heteroatoms. The summed E-state index contributed by atoms with van der Waals surface area (Å²) in [5.74, 6) is 0. The highest BCUT2D eigenvalue weighted by Gasteiger charge is 2.03. The number of hydrogen-bond acceptors (Lipinski definition) is 2. The first-order valence-electron chi connectivity index (χ1n) is 6.21. The number of nitrogens with one attached hydrogen (secondary N) is 1. The molecule has 1 heterocycles. The van der Waals surface area contributed by atoms with Crippen LogP contribution in [0.1, 0.15) is 24.6 Å². The first-order chi connectivity index (χ1) is 8.70. The van der Waals surface area contributed by atoms with Crippen LogP contribution in [0.5, 0.6) is 0 Å². The van der Waals surface area contributed by atoms with Crippen molar-refractivity contribution in [2.24, 2.45) is 0 Å². The topological polar surface area (TPSA) is 29.9 Å². The Hall–Kier alpha value is -1.48. The molecule has 2 rings (SSSR count). The third-order valence-electron chi connectivity index (χ3n) is 2.89. The Kier molecular flexibility index (Phi) is 4.26. The lowest BCUT2D eigenvalue weighted by atomic mass is 10.2. The third kappa shape index (κ3) is 3.05. The van der Waals surface area contributed by atoms with Gasteiger partial charge in [-0.2, -0.15) is 5.10 Å². The normalized spacial score (nSPS) is 10.6. The average molecular weight is 264 g/mol. The summed E-state index contributed by atoms with van der Waals surface area (Å²) in [6.07, 6.45) is 2.94. The van der Waals surface area contributed by atoms with E-state index in [0.29, 0.717) is 0 Å². The second-order valence-electron chi connectivity index (χ2n) is 4.36. The molecule has 96 valence electrons. The van der Waals surface area contributed by atoms with Crippen LogP contribution in [0, 0.1) is 6.92 Å². The van der Waals surface area contributed by atoms with E-state index in [1.165, 1.54) is 5.69 Å². The largest absolute Gasteiger partial charge is 0.379 e. The van der Waals surface area contributed by atoms with E-state index in [1.54, 1.807) is 0 Å². The maximum atomic E-state index is 5.94. The summed E-state index contributed by atoms with van der Waals surface area (Å²) >= 11 is 5.94. The van der Waals surface area contributed by atoms with Gasteiger partial charge in [0.2, 0.25) is 0 Å². The summed E-state index contributed by atoms with van der Waals surface area (Å²) in [4.78, 5) is 0. The van der Waals surface area contributed by atoms with Crippen LogP contribution in [0.15, 0.2) is 30.5 Å². The van der Waals surface area contributed by atoms with E-state index < -0.39 is 0 Å². The van der Waals surface area contributed by atoms with Gasteiger partial charge in [-0.3, -0.25) is 4.68 Å². The number of halogens is 1. The highest BCUT2D eigenvalue weighted by Crippen LogP contribution is 2.20. The maximum absolute atomic E-state index is 5.94. The van der Waals surface area contributed by atoms with Crippen LogP contribution in [0.3, 0.4) is 0 Å². The highest BCUT2D eigenvalue weighted by molar-refractivity contribution is 6.30. The molecule has 0 amide bonds. The Balaban J connectivity index is 2.04. The molecule has 1 N–H and O–H groups in total. The molecule has 0 atom stereocenters. The van der Waals surface area contributed by atoms with Gasteiger partial charge < -0.3 is 5.32 Å². The van der Waals surface area contributed by atoms with Crippen molar-refractivity contribution in [2.45, 2.75) is 33.4 Å². The molecule has 1 aromatic heterocycles. The minimum Gasteiger partial charge on any atom is -0.379 e. The van der Waals surface area contributed by atoms with Gasteiger partial charge in [0.1, 0.15) is 0 Å². The lowest BCUT2D eigenvalue weighted by Crippen LogP contribution is -2.09. The van der Waals surface area contributed by atoms with Crippen molar-refractivity contribution in [1.29, 1.82) is 0 Å². The molecule has 0 aliphatic rings. The van der Waals surface area contributed by atoms with Crippen molar-refractivity contribution in [3.05, 3.63) is 46.7 Å². The average Bonchev–Trinajstić information content (AvgIpc) is 2.76. The van der Waals surface area contributed by atoms with E-state index in [9.17, 15) is 0 Å². The number of aryl methyl sites for hydroxylation is 2. The molecule has 0 fully saturated rings. The molecule has 3 nitrogen and oxygen atoms in total. The van der Waals surface area contributed by atoms with Gasteiger partial charge in [-0.25, -0.2) is 0 Å². The zero-order valence-corrected chi connectivity index (χ0v) is 11.5. The van der Waals surface area contributed by atoms with Crippen molar-refractivity contribution in [3.8, 4) is 0 Å². The Bertz CT molecular complexity index is 520. The molecular weight excluding hydrogens is 246 g/mol. The zero-order valence-electron chi connectivity index (χ0n) is 10.8. The van der Waals surface area contributed by atoms with Crippen LogP contribution in [-0.4, -0.2) is 9.78 Å². The first-order valence-corrected chi connectivity index (χ1v) is 6.59. The van der Waals surface area contributed by atoms with Gasteiger partial charge in [0, 0.05) is 23.5 Å². The Morgan fingerprint density at radius 2 is 2.17 bits per heavy atom. The smallest absolute Gasteiger partial charge is 0.0575 e. The van der Waals surface area contributed by atoms with E-state index in [4.69, 9.17) is 11.6 Å². The lowest BCUT2D eigenvalue weighted by molar-refractivity contribution is 0.578. The quantitative estimate of drug-likeness (QED) is 0.888. The van der Waals surface area contributed by atoms with Gasteiger partial charge in [0.15, 0.2) is 0 Å². The van der Waals surface area contributed by atoms with Crippen molar-refractivity contribution in [2.75, 3.05) is 5.32 Å². The van der Waals surface area contributed by atoms with Gasteiger partial charge >= 0.3 is 0 Å². The van der Waals surface area contributed by atoms with Crippen LogP contribution in [0.2, 0.25) is 5.02 Å².